The maximum Gasteiger partial charge on any atom is 0.475 e. The molecule has 0 unspecified atom stereocenters. The molecule has 0 heterocycles. The molecule has 19 heavy (non-hydrogen) atoms. The Hall–Kier alpha value is -1.00. The zero-order valence-corrected chi connectivity index (χ0v) is 11.9. The first-order valence-corrected chi connectivity index (χ1v) is 7.50. The molecular formula is C13H18FO4P. The fraction of sp³-hybridized carbons (Fsp3) is 0.385. The van der Waals surface area contributed by atoms with Gasteiger partial charge in [-0.1, -0.05) is 30.3 Å². The molecule has 0 N–H and O–H groups in total. The second-order valence-corrected chi connectivity index (χ2v) is 5.23. The molecule has 0 amide bonds. The van der Waals surface area contributed by atoms with E-state index in [1.54, 1.807) is 38.1 Å². The minimum atomic E-state index is -3.66. The number of phosphoric ester groups is 1. The lowest BCUT2D eigenvalue weighted by Crippen LogP contribution is -2.01. The first-order chi connectivity index (χ1) is 9.09. The summed E-state index contributed by atoms with van der Waals surface area (Å²) in [5, 5.41) is 0. The summed E-state index contributed by atoms with van der Waals surface area (Å²) >= 11 is 0. The lowest BCUT2D eigenvalue weighted by Gasteiger charge is -2.15. The molecular weight excluding hydrogens is 270 g/mol. The normalized spacial score (nSPS) is 12.7. The van der Waals surface area contributed by atoms with Crippen LogP contribution < -0.4 is 0 Å². The highest BCUT2D eigenvalue weighted by molar-refractivity contribution is 7.48. The zero-order chi connectivity index (χ0) is 14.1. The van der Waals surface area contributed by atoms with E-state index in [0.29, 0.717) is 5.56 Å². The Balaban J connectivity index is 2.59. The zero-order valence-electron chi connectivity index (χ0n) is 11.0. The summed E-state index contributed by atoms with van der Waals surface area (Å²) in [4.78, 5) is 0. The van der Waals surface area contributed by atoms with Crippen molar-refractivity contribution in [3.63, 3.8) is 0 Å². The Labute approximate surface area is 112 Å². The molecule has 0 aliphatic heterocycles. The fourth-order valence-electron chi connectivity index (χ4n) is 1.34. The summed E-state index contributed by atoms with van der Waals surface area (Å²) in [7, 11) is -3.66. The van der Waals surface area contributed by atoms with Gasteiger partial charge >= 0.3 is 7.82 Å². The van der Waals surface area contributed by atoms with Crippen LogP contribution in [0.5, 0.6) is 0 Å². The van der Waals surface area contributed by atoms with E-state index >= 15 is 0 Å². The van der Waals surface area contributed by atoms with Gasteiger partial charge in [0.2, 0.25) is 0 Å². The second-order valence-electron chi connectivity index (χ2n) is 3.56. The average molecular weight is 288 g/mol. The fourth-order valence-corrected chi connectivity index (χ4v) is 2.48. The quantitative estimate of drug-likeness (QED) is 0.673. The Morgan fingerprint density at radius 2 is 1.74 bits per heavy atom. The van der Waals surface area contributed by atoms with E-state index in [4.69, 9.17) is 13.6 Å². The smallest absolute Gasteiger partial charge is 0.287 e. The first kappa shape index (κ1) is 16.1. The third kappa shape index (κ3) is 6.12. The Bertz CT molecular complexity index is 437. The predicted octanol–water partition coefficient (Wildman–Crippen LogP) is 4.19. The summed E-state index contributed by atoms with van der Waals surface area (Å²) in [6.07, 6.45) is 1.31. The number of hydrogen-bond donors (Lipinski definition) is 0. The van der Waals surface area contributed by atoms with Crippen LogP contribution in [0.2, 0.25) is 0 Å². The molecule has 0 radical (unpaired) electrons. The Morgan fingerprint density at radius 1 is 1.16 bits per heavy atom. The first-order valence-electron chi connectivity index (χ1n) is 6.04. The van der Waals surface area contributed by atoms with Gasteiger partial charge in [0.25, 0.3) is 0 Å². The lowest BCUT2D eigenvalue weighted by molar-refractivity contribution is 0.125. The van der Waals surface area contributed by atoms with E-state index in [2.05, 4.69) is 0 Å². The molecule has 106 valence electrons. The molecule has 0 saturated carbocycles. The van der Waals surface area contributed by atoms with Gasteiger partial charge in [0.1, 0.15) is 12.4 Å². The largest absolute Gasteiger partial charge is 0.475 e. The molecule has 1 aromatic rings. The van der Waals surface area contributed by atoms with E-state index in [-0.39, 0.29) is 13.2 Å². The van der Waals surface area contributed by atoms with Crippen molar-refractivity contribution in [2.24, 2.45) is 0 Å². The van der Waals surface area contributed by atoms with Gasteiger partial charge in [-0.05, 0) is 25.5 Å². The standard InChI is InChI=1S/C13H18FO4P/c1-3-16-19(15,17-4-2)18-11-13(14)10-12-8-6-5-7-9-12/h5-10H,3-4,11H2,1-2H3/b13-10-. The highest BCUT2D eigenvalue weighted by Gasteiger charge is 2.25. The molecule has 0 bridgehead atoms. The molecule has 0 aliphatic rings. The van der Waals surface area contributed by atoms with Gasteiger partial charge in [-0.3, -0.25) is 13.6 Å². The average Bonchev–Trinajstić information content (AvgIpc) is 2.38. The van der Waals surface area contributed by atoms with Crippen LogP contribution >= 0.6 is 7.82 Å². The van der Waals surface area contributed by atoms with Crippen molar-refractivity contribution in [3.8, 4) is 0 Å². The number of benzene rings is 1. The van der Waals surface area contributed by atoms with Crippen molar-refractivity contribution in [2.75, 3.05) is 19.8 Å². The molecule has 0 fully saturated rings. The lowest BCUT2D eigenvalue weighted by atomic mass is 10.2. The number of rotatable bonds is 8. The second kappa shape index (κ2) is 8.23. The summed E-state index contributed by atoms with van der Waals surface area (Å²) in [5.41, 5.74) is 0.700. The summed E-state index contributed by atoms with van der Waals surface area (Å²) in [6.45, 7) is 3.20. The van der Waals surface area contributed by atoms with E-state index in [0.717, 1.165) is 0 Å². The molecule has 0 atom stereocenters. The van der Waals surface area contributed by atoms with Crippen molar-refractivity contribution >= 4 is 13.9 Å². The highest BCUT2D eigenvalue weighted by Crippen LogP contribution is 2.49. The van der Waals surface area contributed by atoms with Crippen LogP contribution in [0.3, 0.4) is 0 Å². The molecule has 6 heteroatoms. The minimum absolute atomic E-state index is 0.168. The molecule has 0 aliphatic carbocycles. The van der Waals surface area contributed by atoms with Crippen LogP contribution in [0, 0.1) is 0 Å². The van der Waals surface area contributed by atoms with E-state index in [9.17, 15) is 8.96 Å². The minimum Gasteiger partial charge on any atom is -0.287 e. The van der Waals surface area contributed by atoms with Crippen molar-refractivity contribution in [1.29, 1.82) is 0 Å². The van der Waals surface area contributed by atoms with Crippen LogP contribution in [0.1, 0.15) is 19.4 Å². The third-order valence-corrected chi connectivity index (χ3v) is 3.65. The van der Waals surface area contributed by atoms with Crippen molar-refractivity contribution in [3.05, 3.63) is 41.7 Å². The van der Waals surface area contributed by atoms with Gasteiger partial charge < -0.3 is 0 Å². The molecule has 1 rings (SSSR count). The maximum absolute atomic E-state index is 13.6. The third-order valence-electron chi connectivity index (χ3n) is 2.06. The van der Waals surface area contributed by atoms with Gasteiger partial charge in [-0.15, -0.1) is 0 Å². The van der Waals surface area contributed by atoms with Crippen LogP contribution in [-0.4, -0.2) is 19.8 Å². The predicted molar refractivity (Wildman–Crippen MR) is 72.3 cm³/mol. The summed E-state index contributed by atoms with van der Waals surface area (Å²) in [6, 6.07) is 8.94. The number of phosphoric acid groups is 1. The molecule has 4 nitrogen and oxygen atoms in total. The number of halogens is 1. The summed E-state index contributed by atoms with van der Waals surface area (Å²) < 4.78 is 40.2. The van der Waals surface area contributed by atoms with Crippen molar-refractivity contribution in [2.45, 2.75) is 13.8 Å². The van der Waals surface area contributed by atoms with Crippen molar-refractivity contribution in [1.82, 2.24) is 0 Å². The van der Waals surface area contributed by atoms with E-state index in [1.807, 2.05) is 6.07 Å². The molecule has 0 spiro atoms. The number of hydrogen-bond acceptors (Lipinski definition) is 4. The monoisotopic (exact) mass is 288 g/mol. The van der Waals surface area contributed by atoms with Gasteiger partial charge in [-0.25, -0.2) is 8.96 Å². The van der Waals surface area contributed by atoms with E-state index in [1.165, 1.54) is 6.08 Å². The van der Waals surface area contributed by atoms with Gasteiger partial charge in [0, 0.05) is 0 Å². The highest BCUT2D eigenvalue weighted by atomic mass is 31.2. The van der Waals surface area contributed by atoms with Gasteiger partial charge in [0.05, 0.1) is 13.2 Å². The van der Waals surface area contributed by atoms with Gasteiger partial charge in [0.15, 0.2) is 0 Å². The van der Waals surface area contributed by atoms with Crippen LogP contribution in [0.15, 0.2) is 36.2 Å². The van der Waals surface area contributed by atoms with E-state index < -0.39 is 20.3 Å². The molecule has 1 aromatic carbocycles. The van der Waals surface area contributed by atoms with Crippen molar-refractivity contribution < 1.29 is 22.5 Å². The maximum atomic E-state index is 13.6. The SMILES string of the molecule is CCOP(=O)(OCC)OC/C(F)=C/c1ccccc1. The topological polar surface area (TPSA) is 44.8 Å². The van der Waals surface area contributed by atoms with Crippen LogP contribution in [0.4, 0.5) is 4.39 Å². The molecule has 0 saturated heterocycles. The molecule has 0 aromatic heterocycles. The van der Waals surface area contributed by atoms with Crippen LogP contribution in [-0.2, 0) is 18.1 Å². The Kier molecular flexibility index (Phi) is 6.95. The van der Waals surface area contributed by atoms with Crippen LogP contribution in [0.25, 0.3) is 6.08 Å². The van der Waals surface area contributed by atoms with Gasteiger partial charge in [-0.2, -0.15) is 0 Å². The summed E-state index contributed by atoms with van der Waals surface area (Å²) in [5.74, 6) is -0.550. The Morgan fingerprint density at radius 3 is 2.26 bits per heavy atom.